The van der Waals surface area contributed by atoms with Crippen LogP contribution in [0.3, 0.4) is 0 Å². The van der Waals surface area contributed by atoms with Crippen LogP contribution >= 0.6 is 15.9 Å². The van der Waals surface area contributed by atoms with Crippen LogP contribution in [0.4, 0.5) is 5.69 Å². The van der Waals surface area contributed by atoms with Crippen LogP contribution in [0.25, 0.3) is 0 Å². The van der Waals surface area contributed by atoms with Gasteiger partial charge in [0, 0.05) is 28.8 Å². The highest BCUT2D eigenvalue weighted by atomic mass is 79.9. The fraction of sp³-hybridized carbons (Fsp3) is 0.455. The van der Waals surface area contributed by atoms with Gasteiger partial charge in [-0.15, -0.1) is 0 Å². The van der Waals surface area contributed by atoms with E-state index < -0.39 is 4.92 Å². The zero-order valence-electron chi connectivity index (χ0n) is 9.19. The van der Waals surface area contributed by atoms with Gasteiger partial charge in [-0.05, 0) is 18.4 Å². The molecule has 1 atom stereocenters. The first-order chi connectivity index (χ1) is 8.00. The van der Waals surface area contributed by atoms with Crippen LogP contribution in [0.15, 0.2) is 22.7 Å². The normalized spacial score (nSPS) is 23.9. The Morgan fingerprint density at radius 3 is 2.88 bits per heavy atom. The summed E-state index contributed by atoms with van der Waals surface area (Å²) in [5.74, 6) is 0. The van der Waals surface area contributed by atoms with Gasteiger partial charge >= 0.3 is 0 Å². The van der Waals surface area contributed by atoms with Gasteiger partial charge in [0.25, 0.3) is 5.69 Å². The van der Waals surface area contributed by atoms with Crippen LogP contribution in [-0.2, 0) is 11.2 Å². The van der Waals surface area contributed by atoms with Crippen LogP contribution in [0.1, 0.15) is 12.0 Å². The molecule has 2 rings (SSSR count). The van der Waals surface area contributed by atoms with Crippen molar-refractivity contribution in [3.63, 3.8) is 0 Å². The third-order valence-corrected chi connectivity index (χ3v) is 3.66. The average Bonchev–Trinajstić information content (AvgIpc) is 2.68. The topological polar surface area (TPSA) is 78.4 Å². The van der Waals surface area contributed by atoms with Gasteiger partial charge in [-0.3, -0.25) is 10.1 Å². The molecule has 1 heterocycles. The molecule has 1 aliphatic rings. The molecule has 0 aromatic heterocycles. The number of hydrogen-bond donors (Lipinski definition) is 1. The molecule has 0 radical (unpaired) electrons. The molecule has 0 spiro atoms. The lowest BCUT2D eigenvalue weighted by molar-refractivity contribution is -0.384. The Morgan fingerprint density at radius 2 is 2.35 bits per heavy atom. The van der Waals surface area contributed by atoms with Crippen molar-refractivity contribution in [1.29, 1.82) is 0 Å². The van der Waals surface area contributed by atoms with Crippen LogP contribution in [0.2, 0.25) is 0 Å². The molecule has 0 bridgehead atoms. The molecule has 17 heavy (non-hydrogen) atoms. The van der Waals surface area contributed by atoms with Crippen molar-refractivity contribution in [2.24, 2.45) is 5.73 Å². The molecular formula is C11H13BrN2O3. The molecule has 1 aromatic rings. The molecule has 5 nitrogen and oxygen atoms in total. The van der Waals surface area contributed by atoms with Crippen molar-refractivity contribution < 1.29 is 9.66 Å². The van der Waals surface area contributed by atoms with E-state index in [0.29, 0.717) is 19.6 Å². The highest BCUT2D eigenvalue weighted by Crippen LogP contribution is 2.28. The minimum absolute atomic E-state index is 0.0781. The fourth-order valence-electron chi connectivity index (χ4n) is 1.93. The summed E-state index contributed by atoms with van der Waals surface area (Å²) < 4.78 is 6.01. The Kier molecular flexibility index (Phi) is 3.46. The summed E-state index contributed by atoms with van der Waals surface area (Å²) in [6.07, 6.45) is 1.47. The van der Waals surface area contributed by atoms with Crippen molar-refractivity contribution >= 4 is 21.6 Å². The number of non-ortho nitro benzene ring substituents is 1. The van der Waals surface area contributed by atoms with Gasteiger partial charge in [0.1, 0.15) is 0 Å². The predicted octanol–water partition coefficient (Wildman–Crippen LogP) is 2.02. The second kappa shape index (κ2) is 4.72. The first-order valence-electron chi connectivity index (χ1n) is 5.30. The number of hydrogen-bond acceptors (Lipinski definition) is 4. The molecule has 0 amide bonds. The maximum absolute atomic E-state index is 10.6. The summed E-state index contributed by atoms with van der Waals surface area (Å²) in [7, 11) is 0. The van der Waals surface area contributed by atoms with Crippen molar-refractivity contribution in [3.8, 4) is 0 Å². The number of benzene rings is 1. The number of nitrogens with two attached hydrogens (primary N) is 1. The smallest absolute Gasteiger partial charge is 0.270 e. The second-order valence-corrected chi connectivity index (χ2v) is 5.23. The Labute approximate surface area is 107 Å². The van der Waals surface area contributed by atoms with Gasteiger partial charge in [-0.2, -0.15) is 0 Å². The van der Waals surface area contributed by atoms with Gasteiger partial charge in [-0.1, -0.05) is 22.0 Å². The first kappa shape index (κ1) is 12.5. The second-order valence-electron chi connectivity index (χ2n) is 4.37. The summed E-state index contributed by atoms with van der Waals surface area (Å²) in [5, 5.41) is 10.6. The molecule has 6 heteroatoms. The molecule has 1 aromatic carbocycles. The highest BCUT2D eigenvalue weighted by Gasteiger charge is 2.31. The van der Waals surface area contributed by atoms with Gasteiger partial charge in [0.15, 0.2) is 0 Å². The molecular weight excluding hydrogens is 288 g/mol. The van der Waals surface area contributed by atoms with E-state index in [9.17, 15) is 10.1 Å². The van der Waals surface area contributed by atoms with E-state index in [0.717, 1.165) is 16.5 Å². The summed E-state index contributed by atoms with van der Waals surface area (Å²) >= 11 is 3.35. The number of rotatable bonds is 3. The van der Waals surface area contributed by atoms with E-state index in [2.05, 4.69) is 15.9 Å². The summed E-state index contributed by atoms with van der Waals surface area (Å²) in [6.45, 7) is 1.22. The van der Waals surface area contributed by atoms with E-state index in [4.69, 9.17) is 10.5 Å². The number of nitro benzene ring substituents is 1. The summed E-state index contributed by atoms with van der Waals surface area (Å²) in [6, 6.07) is 4.75. The lowest BCUT2D eigenvalue weighted by Gasteiger charge is -2.22. The first-order valence-corrected chi connectivity index (χ1v) is 6.09. The molecule has 0 saturated carbocycles. The van der Waals surface area contributed by atoms with Crippen LogP contribution < -0.4 is 5.73 Å². The average molecular weight is 301 g/mol. The van der Waals surface area contributed by atoms with Gasteiger partial charge in [-0.25, -0.2) is 0 Å². The quantitative estimate of drug-likeness (QED) is 0.684. The number of nitro groups is 1. The van der Waals surface area contributed by atoms with Gasteiger partial charge in [0.05, 0.1) is 11.5 Å². The fourth-order valence-corrected chi connectivity index (χ4v) is 2.44. The van der Waals surface area contributed by atoms with Crippen molar-refractivity contribution in [1.82, 2.24) is 0 Å². The third kappa shape index (κ3) is 2.83. The SMILES string of the molecule is NC1(Cc2ccc([N+](=O)[O-])cc2Br)CCOC1. The number of halogens is 1. The van der Waals surface area contributed by atoms with Gasteiger partial charge < -0.3 is 10.5 Å². The Balaban J connectivity index is 2.19. The Bertz CT molecular complexity index is 444. The summed E-state index contributed by atoms with van der Waals surface area (Å²) in [4.78, 5) is 10.2. The molecule has 0 aliphatic carbocycles. The summed E-state index contributed by atoms with van der Waals surface area (Å²) in [5.41, 5.74) is 6.88. The van der Waals surface area contributed by atoms with E-state index in [1.165, 1.54) is 12.1 Å². The van der Waals surface area contributed by atoms with Gasteiger partial charge in [0.2, 0.25) is 0 Å². The zero-order valence-corrected chi connectivity index (χ0v) is 10.8. The minimum atomic E-state index is -0.411. The lowest BCUT2D eigenvalue weighted by Crippen LogP contribution is -2.42. The van der Waals surface area contributed by atoms with E-state index in [1.54, 1.807) is 6.07 Å². The van der Waals surface area contributed by atoms with Crippen LogP contribution in [0.5, 0.6) is 0 Å². The lowest BCUT2D eigenvalue weighted by atomic mass is 9.91. The van der Waals surface area contributed by atoms with E-state index in [-0.39, 0.29) is 11.2 Å². The number of ether oxygens (including phenoxy) is 1. The predicted molar refractivity (Wildman–Crippen MR) is 66.9 cm³/mol. The van der Waals surface area contributed by atoms with Crippen LogP contribution in [-0.4, -0.2) is 23.7 Å². The minimum Gasteiger partial charge on any atom is -0.379 e. The zero-order chi connectivity index (χ0) is 12.5. The molecule has 1 aliphatic heterocycles. The van der Waals surface area contributed by atoms with Crippen molar-refractivity contribution in [2.75, 3.05) is 13.2 Å². The largest absolute Gasteiger partial charge is 0.379 e. The molecule has 1 fully saturated rings. The molecule has 92 valence electrons. The highest BCUT2D eigenvalue weighted by molar-refractivity contribution is 9.10. The third-order valence-electron chi connectivity index (χ3n) is 2.92. The Morgan fingerprint density at radius 1 is 1.59 bits per heavy atom. The maximum atomic E-state index is 10.6. The van der Waals surface area contributed by atoms with Crippen LogP contribution in [0, 0.1) is 10.1 Å². The number of nitrogens with zero attached hydrogens (tertiary/aromatic N) is 1. The Hall–Kier alpha value is -0.980. The molecule has 1 saturated heterocycles. The molecule has 2 N–H and O–H groups in total. The standard InChI is InChI=1S/C11H13BrN2O3/c12-10-5-9(14(15)16)2-1-8(10)6-11(13)3-4-17-7-11/h1-2,5H,3-4,6-7,13H2. The molecule has 1 unspecified atom stereocenters. The van der Waals surface area contributed by atoms with E-state index >= 15 is 0 Å². The van der Waals surface area contributed by atoms with Crippen molar-refractivity contribution in [2.45, 2.75) is 18.4 Å². The monoisotopic (exact) mass is 300 g/mol. The van der Waals surface area contributed by atoms with Crippen molar-refractivity contribution in [3.05, 3.63) is 38.3 Å². The maximum Gasteiger partial charge on any atom is 0.270 e. The van der Waals surface area contributed by atoms with E-state index in [1.807, 2.05) is 0 Å².